The van der Waals surface area contributed by atoms with Crippen molar-refractivity contribution < 1.29 is 24.2 Å². The number of piperidine rings is 1. The normalized spacial score (nSPS) is 22.1. The molecule has 0 aliphatic carbocycles. The summed E-state index contributed by atoms with van der Waals surface area (Å²) in [7, 11) is 3.14. The Bertz CT molecular complexity index is 342. The van der Waals surface area contributed by atoms with Crippen molar-refractivity contribution in [3.05, 3.63) is 0 Å². The highest BCUT2D eigenvalue weighted by molar-refractivity contribution is 5.83. The van der Waals surface area contributed by atoms with E-state index in [9.17, 15) is 14.7 Å². The first kappa shape index (κ1) is 17.7. The molecule has 0 bridgehead atoms. The van der Waals surface area contributed by atoms with E-state index in [4.69, 9.17) is 9.47 Å². The number of nitrogens with zero attached hydrogens (tertiary/aromatic N) is 2. The van der Waals surface area contributed by atoms with Crippen molar-refractivity contribution >= 4 is 12.0 Å². The van der Waals surface area contributed by atoms with Crippen LogP contribution in [0.2, 0.25) is 0 Å². The zero-order valence-corrected chi connectivity index (χ0v) is 13.1. The van der Waals surface area contributed by atoms with Crippen molar-refractivity contribution in [2.24, 2.45) is 5.92 Å². The van der Waals surface area contributed by atoms with Crippen LogP contribution < -0.4 is 0 Å². The van der Waals surface area contributed by atoms with Crippen molar-refractivity contribution in [2.45, 2.75) is 25.8 Å². The van der Waals surface area contributed by atoms with Gasteiger partial charge in [0.25, 0.3) is 0 Å². The van der Waals surface area contributed by atoms with E-state index in [1.54, 1.807) is 19.1 Å². The topological polar surface area (TPSA) is 79.3 Å². The highest BCUT2D eigenvalue weighted by Gasteiger charge is 2.36. The molecule has 1 saturated heterocycles. The maximum Gasteiger partial charge on any atom is 0.326 e. The van der Waals surface area contributed by atoms with E-state index < -0.39 is 12.0 Å². The first-order valence-electron chi connectivity index (χ1n) is 7.27. The van der Waals surface area contributed by atoms with Crippen LogP contribution in [0.3, 0.4) is 0 Å². The summed E-state index contributed by atoms with van der Waals surface area (Å²) < 4.78 is 10.0. The molecule has 1 aliphatic rings. The van der Waals surface area contributed by atoms with Crippen LogP contribution in [-0.2, 0) is 14.3 Å². The van der Waals surface area contributed by atoms with Crippen LogP contribution in [-0.4, -0.2) is 80.0 Å². The highest BCUT2D eigenvalue weighted by Crippen LogP contribution is 2.23. The van der Waals surface area contributed by atoms with Crippen molar-refractivity contribution in [2.75, 3.05) is 47.1 Å². The summed E-state index contributed by atoms with van der Waals surface area (Å²) in [6.45, 7) is 4.18. The second kappa shape index (κ2) is 8.84. The van der Waals surface area contributed by atoms with E-state index in [2.05, 4.69) is 0 Å². The minimum Gasteiger partial charge on any atom is -0.480 e. The third-order valence-corrected chi connectivity index (χ3v) is 3.80. The lowest BCUT2D eigenvalue weighted by molar-refractivity contribution is -0.144. The van der Waals surface area contributed by atoms with E-state index in [1.165, 1.54) is 4.90 Å². The zero-order valence-electron chi connectivity index (χ0n) is 13.1. The number of rotatable bonds is 7. The largest absolute Gasteiger partial charge is 0.480 e. The van der Waals surface area contributed by atoms with Crippen LogP contribution >= 0.6 is 0 Å². The van der Waals surface area contributed by atoms with Gasteiger partial charge < -0.3 is 24.4 Å². The number of carbonyl (C=O) groups is 2. The maximum absolute atomic E-state index is 12.6. The van der Waals surface area contributed by atoms with Gasteiger partial charge in [0.2, 0.25) is 0 Å². The molecule has 2 amide bonds. The number of aliphatic carboxylic acids is 1. The average Bonchev–Trinajstić information content (AvgIpc) is 2.46. The van der Waals surface area contributed by atoms with Crippen LogP contribution in [0.4, 0.5) is 4.79 Å². The Morgan fingerprint density at radius 2 is 1.81 bits per heavy atom. The molecule has 2 unspecified atom stereocenters. The molecule has 1 N–H and O–H groups in total. The molecule has 1 aliphatic heterocycles. The van der Waals surface area contributed by atoms with Crippen LogP contribution in [0.5, 0.6) is 0 Å². The molecule has 1 rings (SSSR count). The molecule has 7 nitrogen and oxygen atoms in total. The van der Waals surface area contributed by atoms with Gasteiger partial charge in [0.05, 0.1) is 13.2 Å². The summed E-state index contributed by atoms with van der Waals surface area (Å²) in [6, 6.07) is -0.989. The first-order valence-corrected chi connectivity index (χ1v) is 7.27. The number of carboxylic acid groups (broad SMARTS) is 1. The van der Waals surface area contributed by atoms with Crippen molar-refractivity contribution in [1.29, 1.82) is 0 Å². The quantitative estimate of drug-likeness (QED) is 0.755. The molecule has 1 heterocycles. The summed E-state index contributed by atoms with van der Waals surface area (Å²) in [6.07, 6.45) is 1.33. The van der Waals surface area contributed by atoms with Crippen LogP contribution in [0, 0.1) is 5.92 Å². The highest BCUT2D eigenvalue weighted by atomic mass is 16.5. The van der Waals surface area contributed by atoms with Gasteiger partial charge >= 0.3 is 12.0 Å². The van der Waals surface area contributed by atoms with Gasteiger partial charge in [-0.3, -0.25) is 0 Å². The van der Waals surface area contributed by atoms with Crippen molar-refractivity contribution in [1.82, 2.24) is 9.80 Å². The predicted octanol–water partition coefficient (Wildman–Crippen LogP) is 0.886. The number of likely N-dealkylation sites (tertiary alicyclic amines) is 1. The van der Waals surface area contributed by atoms with Gasteiger partial charge in [0, 0.05) is 33.9 Å². The van der Waals surface area contributed by atoms with Gasteiger partial charge in [-0.05, 0) is 18.8 Å². The Labute approximate surface area is 125 Å². The van der Waals surface area contributed by atoms with E-state index >= 15 is 0 Å². The van der Waals surface area contributed by atoms with E-state index in [1.807, 2.05) is 6.92 Å². The van der Waals surface area contributed by atoms with Crippen molar-refractivity contribution in [3.63, 3.8) is 0 Å². The van der Waals surface area contributed by atoms with E-state index in [-0.39, 0.29) is 6.03 Å². The Balaban J connectivity index is 2.76. The third-order valence-electron chi connectivity index (χ3n) is 3.80. The second-order valence-corrected chi connectivity index (χ2v) is 5.43. The average molecular weight is 302 g/mol. The number of carboxylic acids is 1. The number of hydrogen-bond donors (Lipinski definition) is 1. The fraction of sp³-hybridized carbons (Fsp3) is 0.857. The smallest absolute Gasteiger partial charge is 0.326 e. The lowest BCUT2D eigenvalue weighted by atomic mass is 9.92. The molecule has 0 saturated carbocycles. The molecule has 1 fully saturated rings. The van der Waals surface area contributed by atoms with Gasteiger partial charge in [0.15, 0.2) is 0 Å². The molecular formula is C14H26N2O5. The monoisotopic (exact) mass is 302 g/mol. The van der Waals surface area contributed by atoms with Crippen LogP contribution in [0.25, 0.3) is 0 Å². The molecule has 21 heavy (non-hydrogen) atoms. The minimum atomic E-state index is -0.937. The Hall–Kier alpha value is -1.34. The Morgan fingerprint density at radius 1 is 1.24 bits per heavy atom. The van der Waals surface area contributed by atoms with Gasteiger partial charge in [-0.1, -0.05) is 6.92 Å². The van der Waals surface area contributed by atoms with Crippen LogP contribution in [0.1, 0.15) is 19.8 Å². The van der Waals surface area contributed by atoms with Crippen LogP contribution in [0.15, 0.2) is 0 Å². The second-order valence-electron chi connectivity index (χ2n) is 5.43. The number of urea groups is 1. The molecule has 0 radical (unpaired) electrons. The summed E-state index contributed by atoms with van der Waals surface area (Å²) in [5, 5.41) is 9.35. The van der Waals surface area contributed by atoms with Gasteiger partial charge in [-0.25, -0.2) is 9.59 Å². The fourth-order valence-corrected chi connectivity index (χ4v) is 2.49. The molecule has 0 aromatic rings. The lowest BCUT2D eigenvalue weighted by Crippen LogP contribution is -2.55. The van der Waals surface area contributed by atoms with Crippen molar-refractivity contribution in [3.8, 4) is 0 Å². The molecule has 0 aromatic carbocycles. The molecule has 122 valence electrons. The lowest BCUT2D eigenvalue weighted by Gasteiger charge is -2.39. The molecule has 0 spiro atoms. The van der Waals surface area contributed by atoms with E-state index in [0.29, 0.717) is 45.2 Å². The van der Waals surface area contributed by atoms with Gasteiger partial charge in [-0.2, -0.15) is 0 Å². The number of ether oxygens (including phenoxy) is 2. The van der Waals surface area contributed by atoms with Gasteiger partial charge in [-0.15, -0.1) is 0 Å². The third kappa shape index (κ3) is 5.17. The Kier molecular flexibility index (Phi) is 7.45. The summed E-state index contributed by atoms with van der Waals surface area (Å²) >= 11 is 0. The zero-order chi connectivity index (χ0) is 15.8. The summed E-state index contributed by atoms with van der Waals surface area (Å²) in [5.74, 6) is -0.616. The maximum atomic E-state index is 12.6. The summed E-state index contributed by atoms with van der Waals surface area (Å²) in [5.41, 5.74) is 0. The molecule has 2 atom stereocenters. The van der Waals surface area contributed by atoms with Gasteiger partial charge in [0.1, 0.15) is 6.04 Å². The fourth-order valence-electron chi connectivity index (χ4n) is 2.49. The standard InChI is InChI=1S/C14H26N2O5/c1-11-4-5-16(12(10-11)13(17)18)14(19)15(6-8-20-2)7-9-21-3/h11-12H,4-10H2,1-3H3,(H,17,18). The summed E-state index contributed by atoms with van der Waals surface area (Å²) in [4.78, 5) is 27.1. The Morgan fingerprint density at radius 3 is 2.29 bits per heavy atom. The molecule has 7 heteroatoms. The molecule has 0 aromatic heterocycles. The molecular weight excluding hydrogens is 276 g/mol. The minimum absolute atomic E-state index is 0.247. The number of hydrogen-bond acceptors (Lipinski definition) is 4. The predicted molar refractivity (Wildman–Crippen MR) is 77.2 cm³/mol. The number of carbonyl (C=O) groups excluding carboxylic acids is 1. The SMILES string of the molecule is COCCN(CCOC)C(=O)N1CCC(C)CC1C(=O)O. The van der Waals surface area contributed by atoms with E-state index in [0.717, 1.165) is 6.42 Å². The number of amides is 2. The first-order chi connectivity index (χ1) is 10.0. The number of methoxy groups -OCH3 is 2.